The first-order chi connectivity index (χ1) is 15.7. The molecule has 1 aliphatic carbocycles. The molecule has 0 bridgehead atoms. The molecular formula is C24H33F3N4OS. The minimum Gasteiger partial charge on any atom is -0.299 e. The van der Waals surface area contributed by atoms with Gasteiger partial charge in [0.15, 0.2) is 0 Å². The van der Waals surface area contributed by atoms with Gasteiger partial charge in [0, 0.05) is 56.9 Å². The highest BCUT2D eigenvalue weighted by atomic mass is 32.1. The number of nitrogens with zero attached hydrogens (tertiary/aromatic N) is 4. The molecule has 182 valence electrons. The average Bonchev–Trinajstić information content (AvgIpc) is 3.36. The van der Waals surface area contributed by atoms with Crippen molar-refractivity contribution in [2.45, 2.75) is 76.9 Å². The SMILES string of the molecule is Cn1cc(CC(=O)CC2CCC(CCN3CCc4sc(CCC(F)(F)F)nc4C3)CC2)cn1. The van der Waals surface area contributed by atoms with E-state index in [9.17, 15) is 18.0 Å². The molecule has 9 heteroatoms. The topological polar surface area (TPSA) is 51.0 Å². The first-order valence-electron chi connectivity index (χ1n) is 12.0. The lowest BCUT2D eigenvalue weighted by atomic mass is 9.78. The highest BCUT2D eigenvalue weighted by Gasteiger charge is 2.29. The van der Waals surface area contributed by atoms with Crippen molar-refractivity contribution < 1.29 is 18.0 Å². The van der Waals surface area contributed by atoms with E-state index in [1.165, 1.54) is 29.1 Å². The van der Waals surface area contributed by atoms with E-state index in [2.05, 4.69) is 15.0 Å². The van der Waals surface area contributed by atoms with Crippen molar-refractivity contribution in [3.05, 3.63) is 33.5 Å². The second-order valence-corrected chi connectivity index (χ2v) is 10.9. The summed E-state index contributed by atoms with van der Waals surface area (Å²) < 4.78 is 39.2. The number of aromatic nitrogens is 3. The van der Waals surface area contributed by atoms with Crippen molar-refractivity contribution in [1.29, 1.82) is 0 Å². The van der Waals surface area contributed by atoms with Crippen molar-refractivity contribution in [3.63, 3.8) is 0 Å². The van der Waals surface area contributed by atoms with Crippen LogP contribution in [0.5, 0.6) is 0 Å². The summed E-state index contributed by atoms with van der Waals surface area (Å²) in [5.74, 6) is 1.52. The molecule has 2 aromatic heterocycles. The van der Waals surface area contributed by atoms with Crippen LogP contribution < -0.4 is 0 Å². The number of rotatable bonds is 9. The number of carbonyl (C=O) groups is 1. The van der Waals surface area contributed by atoms with Gasteiger partial charge in [-0.25, -0.2) is 4.98 Å². The number of fused-ring (bicyclic) bond motifs is 1. The third kappa shape index (κ3) is 7.37. The highest BCUT2D eigenvalue weighted by Crippen LogP contribution is 2.34. The summed E-state index contributed by atoms with van der Waals surface area (Å²) in [4.78, 5) is 20.5. The summed E-state index contributed by atoms with van der Waals surface area (Å²) >= 11 is 1.46. The van der Waals surface area contributed by atoms with Crippen LogP contribution in [0.4, 0.5) is 13.2 Å². The number of hydrogen-bond donors (Lipinski definition) is 0. The monoisotopic (exact) mass is 482 g/mol. The summed E-state index contributed by atoms with van der Waals surface area (Å²) in [6.45, 7) is 2.74. The van der Waals surface area contributed by atoms with Crippen LogP contribution in [-0.2, 0) is 37.6 Å². The molecule has 1 aliphatic heterocycles. The molecule has 0 unspecified atom stereocenters. The largest absolute Gasteiger partial charge is 0.389 e. The molecule has 0 aromatic carbocycles. The Kier molecular flexibility index (Phi) is 7.89. The van der Waals surface area contributed by atoms with Crippen molar-refractivity contribution >= 4 is 17.1 Å². The molecular weight excluding hydrogens is 449 g/mol. The average molecular weight is 483 g/mol. The molecule has 2 aromatic rings. The molecule has 5 nitrogen and oxygen atoms in total. The first kappa shape index (κ1) is 24.4. The van der Waals surface area contributed by atoms with E-state index >= 15 is 0 Å². The zero-order chi connectivity index (χ0) is 23.4. The Morgan fingerprint density at radius 3 is 2.67 bits per heavy atom. The van der Waals surface area contributed by atoms with Gasteiger partial charge in [-0.15, -0.1) is 11.3 Å². The van der Waals surface area contributed by atoms with Gasteiger partial charge in [0.05, 0.1) is 16.9 Å². The zero-order valence-electron chi connectivity index (χ0n) is 19.2. The van der Waals surface area contributed by atoms with Gasteiger partial charge >= 0.3 is 6.18 Å². The lowest BCUT2D eigenvalue weighted by molar-refractivity contribution is -0.134. The minimum atomic E-state index is -4.12. The van der Waals surface area contributed by atoms with Crippen molar-refractivity contribution in [2.75, 3.05) is 13.1 Å². The number of ketones is 1. The van der Waals surface area contributed by atoms with Crippen LogP contribution in [0, 0.1) is 11.8 Å². The fourth-order valence-electron chi connectivity index (χ4n) is 5.13. The van der Waals surface area contributed by atoms with E-state index < -0.39 is 12.6 Å². The highest BCUT2D eigenvalue weighted by molar-refractivity contribution is 7.11. The Hall–Kier alpha value is -1.74. The lowest BCUT2D eigenvalue weighted by Gasteiger charge is -2.31. The minimum absolute atomic E-state index is 0.00481. The number of thiazole rings is 1. The number of aryl methyl sites for hydroxylation is 2. The van der Waals surface area contributed by atoms with E-state index in [0.717, 1.165) is 56.6 Å². The Morgan fingerprint density at radius 2 is 1.97 bits per heavy atom. The molecule has 0 radical (unpaired) electrons. The number of Topliss-reactive ketones (excluding diaryl/α,β-unsaturated/α-hetero) is 1. The van der Waals surface area contributed by atoms with Crippen LogP contribution in [0.3, 0.4) is 0 Å². The molecule has 2 aliphatic rings. The maximum Gasteiger partial charge on any atom is 0.389 e. The number of halogens is 3. The molecule has 1 saturated carbocycles. The van der Waals surface area contributed by atoms with Crippen molar-refractivity contribution in [3.8, 4) is 0 Å². The standard InChI is InChI=1S/C24H33F3N4OS/c1-30-15-19(14-28-30)13-20(32)12-18-4-2-17(3-5-18)7-10-31-11-8-22-21(16-31)29-23(33-22)6-9-24(25,26)27/h14-15,17-18H,2-13,16H2,1H3. The summed E-state index contributed by atoms with van der Waals surface area (Å²) in [6, 6.07) is 0. The van der Waals surface area contributed by atoms with Gasteiger partial charge in [-0.3, -0.25) is 14.4 Å². The summed E-state index contributed by atoms with van der Waals surface area (Å²) in [7, 11) is 1.87. The molecule has 0 N–H and O–H groups in total. The number of hydrogen-bond acceptors (Lipinski definition) is 5. The predicted octanol–water partition coefficient (Wildman–Crippen LogP) is 5.13. The Balaban J connectivity index is 1.15. The third-order valence-corrected chi connectivity index (χ3v) is 8.19. The maximum atomic E-state index is 12.5. The van der Waals surface area contributed by atoms with Crippen molar-refractivity contribution in [2.24, 2.45) is 18.9 Å². The normalized spacial score (nSPS) is 21.8. The molecule has 3 heterocycles. The van der Waals surface area contributed by atoms with Crippen LogP contribution in [0.25, 0.3) is 0 Å². The molecule has 33 heavy (non-hydrogen) atoms. The van der Waals surface area contributed by atoms with Gasteiger partial charge in [0.1, 0.15) is 5.78 Å². The maximum absolute atomic E-state index is 12.5. The summed E-state index contributed by atoms with van der Waals surface area (Å²) in [5.41, 5.74) is 1.98. The zero-order valence-corrected chi connectivity index (χ0v) is 20.1. The van der Waals surface area contributed by atoms with E-state index in [1.807, 2.05) is 13.2 Å². The first-order valence-corrected chi connectivity index (χ1v) is 12.8. The molecule has 0 spiro atoms. The van der Waals surface area contributed by atoms with Gasteiger partial charge in [0.2, 0.25) is 0 Å². The van der Waals surface area contributed by atoms with E-state index in [0.29, 0.717) is 35.5 Å². The quantitative estimate of drug-likeness (QED) is 0.497. The number of alkyl halides is 3. The fourth-order valence-corrected chi connectivity index (χ4v) is 6.19. The van der Waals surface area contributed by atoms with Crippen molar-refractivity contribution in [1.82, 2.24) is 19.7 Å². The van der Waals surface area contributed by atoms with E-state index in [1.54, 1.807) is 10.9 Å². The molecule has 0 atom stereocenters. The van der Waals surface area contributed by atoms with Crippen LogP contribution in [0.1, 0.15) is 66.1 Å². The van der Waals surface area contributed by atoms with Crippen LogP contribution in [0.15, 0.2) is 12.4 Å². The predicted molar refractivity (Wildman–Crippen MR) is 122 cm³/mol. The molecule has 0 saturated heterocycles. The van der Waals surface area contributed by atoms with Crippen LogP contribution in [-0.4, -0.2) is 44.7 Å². The molecule has 1 fully saturated rings. The van der Waals surface area contributed by atoms with E-state index in [-0.39, 0.29) is 6.42 Å². The molecule has 4 rings (SSSR count). The third-order valence-electron chi connectivity index (χ3n) is 6.97. The summed E-state index contributed by atoms with van der Waals surface area (Å²) in [5, 5.41) is 4.75. The van der Waals surface area contributed by atoms with Gasteiger partial charge < -0.3 is 0 Å². The smallest absolute Gasteiger partial charge is 0.299 e. The van der Waals surface area contributed by atoms with Gasteiger partial charge in [-0.2, -0.15) is 18.3 Å². The van der Waals surface area contributed by atoms with Gasteiger partial charge in [-0.1, -0.05) is 12.8 Å². The lowest BCUT2D eigenvalue weighted by Crippen LogP contribution is -2.32. The summed E-state index contributed by atoms with van der Waals surface area (Å²) in [6.07, 6.45) is 6.59. The Morgan fingerprint density at radius 1 is 1.21 bits per heavy atom. The Labute approximate surface area is 197 Å². The van der Waals surface area contributed by atoms with Crippen LogP contribution >= 0.6 is 11.3 Å². The Bertz CT molecular complexity index is 931. The van der Waals surface area contributed by atoms with Gasteiger partial charge in [-0.05, 0) is 49.6 Å². The number of carbonyl (C=O) groups excluding carboxylic acids is 1. The second-order valence-electron chi connectivity index (χ2n) is 9.74. The second kappa shape index (κ2) is 10.7. The molecule has 0 amide bonds. The van der Waals surface area contributed by atoms with Gasteiger partial charge in [0.25, 0.3) is 0 Å². The van der Waals surface area contributed by atoms with Crippen LogP contribution in [0.2, 0.25) is 0 Å². The van der Waals surface area contributed by atoms with E-state index in [4.69, 9.17) is 0 Å². The fraction of sp³-hybridized carbons (Fsp3) is 0.708.